The minimum absolute atomic E-state index is 0.248. The predicted octanol–water partition coefficient (Wildman–Crippen LogP) is 2.11. The highest BCUT2D eigenvalue weighted by Crippen LogP contribution is 2.26. The number of rotatable bonds is 4. The van der Waals surface area contributed by atoms with Crippen molar-refractivity contribution < 1.29 is 8.42 Å². The maximum absolute atomic E-state index is 12.0. The van der Waals surface area contributed by atoms with Crippen LogP contribution in [0, 0.1) is 5.92 Å². The number of nitrogen functional groups attached to an aromatic ring is 1. The minimum Gasteiger partial charge on any atom is -0.398 e. The van der Waals surface area contributed by atoms with Gasteiger partial charge in [0.25, 0.3) is 0 Å². The Kier molecular flexibility index (Phi) is 3.75. The zero-order valence-corrected chi connectivity index (χ0v) is 11.7. The standard InChI is InChI=1S/C11H15BrN2O2S/c12-10-6-9(4-5-11(10)13)17(15,16)14-7-8-2-1-3-8/h4-6,8,14H,1-3,7,13H2. The molecule has 0 aromatic heterocycles. The fourth-order valence-electron chi connectivity index (χ4n) is 1.68. The molecule has 6 heteroatoms. The lowest BCUT2D eigenvalue weighted by Crippen LogP contribution is -2.32. The molecule has 0 amide bonds. The number of benzene rings is 1. The molecule has 0 spiro atoms. The normalized spacial score (nSPS) is 16.8. The van der Waals surface area contributed by atoms with E-state index in [2.05, 4.69) is 20.7 Å². The molecule has 1 aliphatic rings. The summed E-state index contributed by atoms with van der Waals surface area (Å²) in [5.41, 5.74) is 6.15. The molecule has 1 fully saturated rings. The molecule has 0 saturated heterocycles. The number of nitrogens with one attached hydrogen (secondary N) is 1. The first-order valence-electron chi connectivity index (χ1n) is 5.54. The van der Waals surface area contributed by atoms with Crippen molar-refractivity contribution >= 4 is 31.6 Å². The summed E-state index contributed by atoms with van der Waals surface area (Å²) < 4.78 is 27.2. The maximum atomic E-state index is 12.0. The van der Waals surface area contributed by atoms with Crippen LogP contribution in [0.3, 0.4) is 0 Å². The number of halogens is 1. The van der Waals surface area contributed by atoms with E-state index in [-0.39, 0.29) is 4.90 Å². The number of hydrogen-bond acceptors (Lipinski definition) is 3. The molecule has 0 unspecified atom stereocenters. The smallest absolute Gasteiger partial charge is 0.240 e. The Morgan fingerprint density at radius 2 is 2.12 bits per heavy atom. The van der Waals surface area contributed by atoms with E-state index in [1.54, 1.807) is 6.07 Å². The van der Waals surface area contributed by atoms with Crippen LogP contribution in [0.4, 0.5) is 5.69 Å². The average Bonchev–Trinajstić information content (AvgIpc) is 2.19. The molecule has 1 saturated carbocycles. The van der Waals surface area contributed by atoms with E-state index in [0.29, 0.717) is 22.6 Å². The molecular weight excluding hydrogens is 304 g/mol. The third-order valence-electron chi connectivity index (χ3n) is 3.07. The molecule has 1 aromatic carbocycles. The summed E-state index contributed by atoms with van der Waals surface area (Å²) in [6.45, 7) is 0.532. The summed E-state index contributed by atoms with van der Waals surface area (Å²) in [4.78, 5) is 0.248. The van der Waals surface area contributed by atoms with Crippen LogP contribution in [0.1, 0.15) is 19.3 Å². The number of anilines is 1. The van der Waals surface area contributed by atoms with Crippen LogP contribution in [0.5, 0.6) is 0 Å². The van der Waals surface area contributed by atoms with Crippen molar-refractivity contribution in [2.75, 3.05) is 12.3 Å². The summed E-state index contributed by atoms with van der Waals surface area (Å²) in [5, 5.41) is 0. The SMILES string of the molecule is Nc1ccc(S(=O)(=O)NCC2CCC2)cc1Br. The Morgan fingerprint density at radius 1 is 1.41 bits per heavy atom. The first-order chi connectivity index (χ1) is 7.99. The van der Waals surface area contributed by atoms with Crippen molar-refractivity contribution in [3.05, 3.63) is 22.7 Å². The van der Waals surface area contributed by atoms with Gasteiger partial charge in [-0.1, -0.05) is 6.42 Å². The van der Waals surface area contributed by atoms with Crippen molar-refractivity contribution in [3.63, 3.8) is 0 Å². The van der Waals surface area contributed by atoms with Gasteiger partial charge in [0.2, 0.25) is 10.0 Å². The van der Waals surface area contributed by atoms with Gasteiger partial charge in [-0.2, -0.15) is 0 Å². The Morgan fingerprint density at radius 3 is 2.65 bits per heavy atom. The van der Waals surface area contributed by atoms with Gasteiger partial charge in [-0.05, 0) is 52.9 Å². The lowest BCUT2D eigenvalue weighted by molar-refractivity contribution is 0.316. The second-order valence-corrected chi connectivity index (χ2v) is 6.95. The molecular formula is C11H15BrN2O2S. The van der Waals surface area contributed by atoms with E-state index in [0.717, 1.165) is 12.8 Å². The Balaban J connectivity index is 2.10. The van der Waals surface area contributed by atoms with Gasteiger partial charge in [0.15, 0.2) is 0 Å². The molecule has 3 N–H and O–H groups in total. The monoisotopic (exact) mass is 318 g/mol. The van der Waals surface area contributed by atoms with Crippen molar-refractivity contribution in [1.82, 2.24) is 4.72 Å². The number of sulfonamides is 1. The van der Waals surface area contributed by atoms with Gasteiger partial charge < -0.3 is 5.73 Å². The molecule has 0 radical (unpaired) electrons. The summed E-state index contributed by atoms with van der Waals surface area (Å²) >= 11 is 3.23. The molecule has 0 heterocycles. The molecule has 94 valence electrons. The van der Waals surface area contributed by atoms with Crippen LogP contribution in [-0.4, -0.2) is 15.0 Å². The first kappa shape index (κ1) is 12.9. The van der Waals surface area contributed by atoms with Gasteiger partial charge >= 0.3 is 0 Å². The third kappa shape index (κ3) is 3.00. The summed E-state index contributed by atoms with van der Waals surface area (Å²) in [6, 6.07) is 4.63. The van der Waals surface area contributed by atoms with Crippen LogP contribution >= 0.6 is 15.9 Å². The number of hydrogen-bond donors (Lipinski definition) is 2. The number of nitrogens with two attached hydrogens (primary N) is 1. The first-order valence-corrected chi connectivity index (χ1v) is 7.81. The highest BCUT2D eigenvalue weighted by atomic mass is 79.9. The lowest BCUT2D eigenvalue weighted by Gasteiger charge is -2.25. The maximum Gasteiger partial charge on any atom is 0.240 e. The quantitative estimate of drug-likeness (QED) is 0.835. The highest BCUT2D eigenvalue weighted by Gasteiger charge is 2.21. The van der Waals surface area contributed by atoms with Gasteiger partial charge in [-0.15, -0.1) is 0 Å². The van der Waals surface area contributed by atoms with Gasteiger partial charge in [-0.25, -0.2) is 13.1 Å². The lowest BCUT2D eigenvalue weighted by atomic mass is 9.86. The van der Waals surface area contributed by atoms with Gasteiger partial charge in [0.05, 0.1) is 4.90 Å². The van der Waals surface area contributed by atoms with E-state index in [9.17, 15) is 8.42 Å². The summed E-state index contributed by atoms with van der Waals surface area (Å²) in [7, 11) is -3.41. The highest BCUT2D eigenvalue weighted by molar-refractivity contribution is 9.10. The average molecular weight is 319 g/mol. The molecule has 0 atom stereocenters. The van der Waals surface area contributed by atoms with Crippen LogP contribution in [0.15, 0.2) is 27.6 Å². The zero-order valence-electron chi connectivity index (χ0n) is 9.32. The predicted molar refractivity (Wildman–Crippen MR) is 71.1 cm³/mol. The van der Waals surface area contributed by atoms with E-state index < -0.39 is 10.0 Å². The third-order valence-corrected chi connectivity index (χ3v) is 5.18. The van der Waals surface area contributed by atoms with Crippen molar-refractivity contribution in [1.29, 1.82) is 0 Å². The Bertz CT molecular complexity index is 512. The topological polar surface area (TPSA) is 72.2 Å². The molecule has 4 nitrogen and oxygen atoms in total. The second-order valence-electron chi connectivity index (χ2n) is 4.33. The van der Waals surface area contributed by atoms with E-state index in [1.807, 2.05) is 0 Å². The van der Waals surface area contributed by atoms with Crippen LogP contribution in [0.2, 0.25) is 0 Å². The summed E-state index contributed by atoms with van der Waals surface area (Å²) in [6.07, 6.45) is 3.45. The fourth-order valence-corrected chi connectivity index (χ4v) is 3.36. The van der Waals surface area contributed by atoms with Crippen molar-refractivity contribution in [2.24, 2.45) is 5.92 Å². The van der Waals surface area contributed by atoms with Crippen molar-refractivity contribution in [3.8, 4) is 0 Å². The van der Waals surface area contributed by atoms with Crippen LogP contribution in [-0.2, 0) is 10.0 Å². The molecule has 1 aliphatic carbocycles. The van der Waals surface area contributed by atoms with Crippen LogP contribution < -0.4 is 10.5 Å². The fraction of sp³-hybridized carbons (Fsp3) is 0.455. The molecule has 17 heavy (non-hydrogen) atoms. The molecule has 2 rings (SSSR count). The Labute approximate surface area is 110 Å². The molecule has 0 aliphatic heterocycles. The molecule has 1 aromatic rings. The zero-order chi connectivity index (χ0) is 12.5. The van der Waals surface area contributed by atoms with Crippen molar-refractivity contribution in [2.45, 2.75) is 24.2 Å². The molecule has 0 bridgehead atoms. The Hall–Kier alpha value is -0.590. The van der Waals surface area contributed by atoms with E-state index >= 15 is 0 Å². The summed E-state index contributed by atoms with van der Waals surface area (Å²) in [5.74, 6) is 0.502. The van der Waals surface area contributed by atoms with Gasteiger partial charge in [-0.3, -0.25) is 0 Å². The van der Waals surface area contributed by atoms with Gasteiger partial charge in [0.1, 0.15) is 0 Å². The van der Waals surface area contributed by atoms with E-state index in [1.165, 1.54) is 18.6 Å². The minimum atomic E-state index is -3.41. The van der Waals surface area contributed by atoms with Crippen LogP contribution in [0.25, 0.3) is 0 Å². The van der Waals surface area contributed by atoms with Gasteiger partial charge in [0, 0.05) is 16.7 Å². The second kappa shape index (κ2) is 4.96. The van der Waals surface area contributed by atoms with E-state index in [4.69, 9.17) is 5.73 Å². The largest absolute Gasteiger partial charge is 0.398 e.